The lowest BCUT2D eigenvalue weighted by atomic mass is 9.98. The molecule has 1 atom stereocenters. The van der Waals surface area contributed by atoms with Gasteiger partial charge in [-0.25, -0.2) is 4.39 Å². The van der Waals surface area contributed by atoms with E-state index in [1.165, 1.54) is 11.6 Å². The van der Waals surface area contributed by atoms with Crippen LogP contribution in [0.15, 0.2) is 42.7 Å². The van der Waals surface area contributed by atoms with Crippen LogP contribution in [0.3, 0.4) is 0 Å². The van der Waals surface area contributed by atoms with Gasteiger partial charge in [0.25, 0.3) is 0 Å². The maximum absolute atomic E-state index is 13.2. The van der Waals surface area contributed by atoms with Gasteiger partial charge in [-0.1, -0.05) is 32.9 Å². The zero-order valence-electron chi connectivity index (χ0n) is 12.4. The standard InChI is InChI=1S/C17H23FN2/c1-4-19-17(13(2)3)15-8-9-20(12-15)11-14-6-5-7-16(18)10-14/h5-10,12-13,17,19H,4,11H2,1-3H3. The Hall–Kier alpha value is -1.61. The molecule has 2 aromatic rings. The SMILES string of the molecule is CCNC(c1ccn(Cc2cccc(F)c2)c1)C(C)C. The van der Waals surface area contributed by atoms with Gasteiger partial charge >= 0.3 is 0 Å². The summed E-state index contributed by atoms with van der Waals surface area (Å²) in [5.41, 5.74) is 2.27. The molecular weight excluding hydrogens is 251 g/mol. The highest BCUT2D eigenvalue weighted by molar-refractivity contribution is 5.20. The highest BCUT2D eigenvalue weighted by Gasteiger charge is 2.15. The fraction of sp³-hybridized carbons (Fsp3) is 0.412. The van der Waals surface area contributed by atoms with Crippen molar-refractivity contribution in [1.82, 2.24) is 9.88 Å². The molecule has 0 aliphatic heterocycles. The highest BCUT2D eigenvalue weighted by atomic mass is 19.1. The Bertz CT molecular complexity index is 545. The van der Waals surface area contributed by atoms with Crippen molar-refractivity contribution in [3.63, 3.8) is 0 Å². The van der Waals surface area contributed by atoms with Gasteiger partial charge in [0.2, 0.25) is 0 Å². The maximum atomic E-state index is 13.2. The number of halogens is 1. The van der Waals surface area contributed by atoms with Gasteiger partial charge in [0, 0.05) is 25.0 Å². The monoisotopic (exact) mass is 274 g/mol. The Labute approximate surface area is 120 Å². The Morgan fingerprint density at radius 1 is 1.25 bits per heavy atom. The van der Waals surface area contributed by atoms with Crippen LogP contribution < -0.4 is 5.32 Å². The highest BCUT2D eigenvalue weighted by Crippen LogP contribution is 2.22. The second-order valence-corrected chi connectivity index (χ2v) is 5.53. The number of benzene rings is 1. The lowest BCUT2D eigenvalue weighted by Crippen LogP contribution is -2.25. The minimum Gasteiger partial charge on any atom is -0.350 e. The van der Waals surface area contributed by atoms with Gasteiger partial charge in [-0.05, 0) is 41.8 Å². The van der Waals surface area contributed by atoms with E-state index in [9.17, 15) is 4.39 Å². The molecule has 0 fully saturated rings. The maximum Gasteiger partial charge on any atom is 0.123 e. The molecule has 1 aromatic carbocycles. The number of rotatable bonds is 6. The van der Waals surface area contributed by atoms with Crippen LogP contribution in [-0.4, -0.2) is 11.1 Å². The van der Waals surface area contributed by atoms with Crippen molar-refractivity contribution in [3.8, 4) is 0 Å². The Kier molecular flexibility index (Phi) is 4.96. The predicted octanol–water partition coefficient (Wildman–Crippen LogP) is 3.98. The Balaban J connectivity index is 2.12. The largest absolute Gasteiger partial charge is 0.350 e. The van der Waals surface area contributed by atoms with Crippen molar-refractivity contribution in [1.29, 1.82) is 0 Å². The predicted molar refractivity (Wildman–Crippen MR) is 81.2 cm³/mol. The molecule has 3 heteroatoms. The van der Waals surface area contributed by atoms with Crippen LogP contribution in [0.2, 0.25) is 0 Å². The van der Waals surface area contributed by atoms with Crippen molar-refractivity contribution < 1.29 is 4.39 Å². The van der Waals surface area contributed by atoms with Gasteiger partial charge in [0.15, 0.2) is 0 Å². The summed E-state index contributed by atoms with van der Waals surface area (Å²) in [5.74, 6) is 0.363. The van der Waals surface area contributed by atoms with Gasteiger partial charge < -0.3 is 9.88 Å². The van der Waals surface area contributed by atoms with Crippen LogP contribution in [0.25, 0.3) is 0 Å². The van der Waals surface area contributed by atoms with Gasteiger partial charge in [0.05, 0.1) is 0 Å². The Morgan fingerprint density at radius 3 is 2.70 bits per heavy atom. The van der Waals surface area contributed by atoms with E-state index in [0.29, 0.717) is 18.5 Å². The molecule has 0 amide bonds. The van der Waals surface area contributed by atoms with Crippen LogP contribution >= 0.6 is 0 Å². The summed E-state index contributed by atoms with van der Waals surface area (Å²) in [7, 11) is 0. The van der Waals surface area contributed by atoms with E-state index in [-0.39, 0.29) is 5.82 Å². The summed E-state index contributed by atoms with van der Waals surface area (Å²) in [4.78, 5) is 0. The summed E-state index contributed by atoms with van der Waals surface area (Å²) in [6, 6.07) is 9.28. The molecule has 0 aliphatic carbocycles. The molecule has 0 saturated heterocycles. The first-order valence-electron chi connectivity index (χ1n) is 7.23. The van der Waals surface area contributed by atoms with E-state index in [1.54, 1.807) is 12.1 Å². The van der Waals surface area contributed by atoms with Gasteiger partial charge in [-0.2, -0.15) is 0 Å². The smallest absolute Gasteiger partial charge is 0.123 e. The zero-order valence-corrected chi connectivity index (χ0v) is 12.4. The van der Waals surface area contributed by atoms with Crippen LogP contribution in [-0.2, 0) is 6.54 Å². The van der Waals surface area contributed by atoms with Crippen molar-refractivity contribution >= 4 is 0 Å². The average molecular weight is 274 g/mol. The molecule has 20 heavy (non-hydrogen) atoms. The molecule has 1 N–H and O–H groups in total. The number of nitrogens with one attached hydrogen (secondary N) is 1. The van der Waals surface area contributed by atoms with E-state index >= 15 is 0 Å². The molecule has 0 bridgehead atoms. The number of aromatic nitrogens is 1. The molecule has 1 aromatic heterocycles. The summed E-state index contributed by atoms with van der Waals surface area (Å²) in [6.07, 6.45) is 4.21. The third-order valence-corrected chi connectivity index (χ3v) is 3.48. The second-order valence-electron chi connectivity index (χ2n) is 5.53. The normalized spacial score (nSPS) is 12.8. The minimum atomic E-state index is -0.178. The first kappa shape index (κ1) is 14.8. The lowest BCUT2D eigenvalue weighted by molar-refractivity contribution is 0.421. The molecular formula is C17H23FN2. The summed E-state index contributed by atoms with van der Waals surface area (Å²) >= 11 is 0. The topological polar surface area (TPSA) is 17.0 Å². The molecule has 1 heterocycles. The third-order valence-electron chi connectivity index (χ3n) is 3.48. The van der Waals surface area contributed by atoms with Crippen molar-refractivity contribution in [3.05, 3.63) is 59.7 Å². The minimum absolute atomic E-state index is 0.178. The van der Waals surface area contributed by atoms with Crippen molar-refractivity contribution in [2.45, 2.75) is 33.4 Å². The molecule has 108 valence electrons. The molecule has 1 unspecified atom stereocenters. The Morgan fingerprint density at radius 2 is 2.05 bits per heavy atom. The van der Waals surface area contributed by atoms with Crippen LogP contribution in [0.5, 0.6) is 0 Å². The zero-order chi connectivity index (χ0) is 14.5. The first-order valence-corrected chi connectivity index (χ1v) is 7.23. The molecule has 0 aliphatic rings. The van der Waals surface area contributed by atoms with Crippen LogP contribution in [0, 0.1) is 11.7 Å². The first-order chi connectivity index (χ1) is 9.60. The molecule has 0 saturated carbocycles. The van der Waals surface area contributed by atoms with E-state index in [2.05, 4.69) is 49.1 Å². The van der Waals surface area contributed by atoms with Gasteiger partial charge in [0.1, 0.15) is 5.82 Å². The molecule has 2 nitrogen and oxygen atoms in total. The molecule has 0 spiro atoms. The van der Waals surface area contributed by atoms with E-state index < -0.39 is 0 Å². The van der Waals surface area contributed by atoms with Gasteiger partial charge in [-0.15, -0.1) is 0 Å². The fourth-order valence-electron chi connectivity index (χ4n) is 2.55. The van der Waals surface area contributed by atoms with E-state index in [1.807, 2.05) is 6.07 Å². The summed E-state index contributed by atoms with van der Waals surface area (Å²) in [5, 5.41) is 3.51. The van der Waals surface area contributed by atoms with E-state index in [4.69, 9.17) is 0 Å². The average Bonchev–Trinajstić information content (AvgIpc) is 2.83. The second kappa shape index (κ2) is 6.71. The van der Waals surface area contributed by atoms with E-state index in [0.717, 1.165) is 12.1 Å². The number of hydrogen-bond donors (Lipinski definition) is 1. The molecule has 2 rings (SSSR count). The molecule has 0 radical (unpaired) electrons. The van der Waals surface area contributed by atoms with Crippen LogP contribution in [0.1, 0.15) is 37.9 Å². The quantitative estimate of drug-likeness (QED) is 0.843. The summed E-state index contributed by atoms with van der Waals surface area (Å²) in [6.45, 7) is 8.22. The fourth-order valence-corrected chi connectivity index (χ4v) is 2.55. The number of hydrogen-bond acceptors (Lipinski definition) is 1. The number of nitrogens with zero attached hydrogens (tertiary/aromatic N) is 1. The van der Waals surface area contributed by atoms with Crippen LogP contribution in [0.4, 0.5) is 4.39 Å². The van der Waals surface area contributed by atoms with Crippen molar-refractivity contribution in [2.24, 2.45) is 5.92 Å². The lowest BCUT2D eigenvalue weighted by Gasteiger charge is -2.20. The van der Waals surface area contributed by atoms with Crippen molar-refractivity contribution in [2.75, 3.05) is 6.54 Å². The van der Waals surface area contributed by atoms with Gasteiger partial charge in [-0.3, -0.25) is 0 Å². The summed E-state index contributed by atoms with van der Waals surface area (Å²) < 4.78 is 15.3. The third kappa shape index (κ3) is 3.70.